The Bertz CT molecular complexity index is 688. The molecule has 0 aromatic carbocycles. The average molecular weight is 314 g/mol. The molecule has 0 amide bonds. The predicted molar refractivity (Wildman–Crippen MR) is 85.3 cm³/mol. The van der Waals surface area contributed by atoms with E-state index in [1.54, 1.807) is 0 Å². The summed E-state index contributed by atoms with van der Waals surface area (Å²) in [5, 5.41) is 7.96. The highest BCUT2D eigenvalue weighted by Gasteiger charge is 2.28. The molecule has 2 aromatic heterocycles. The molecule has 0 atom stereocenters. The maximum absolute atomic E-state index is 5.46. The Kier molecular flexibility index (Phi) is 3.72. The van der Waals surface area contributed by atoms with Crippen LogP contribution in [0.25, 0.3) is 0 Å². The van der Waals surface area contributed by atoms with Gasteiger partial charge in [-0.25, -0.2) is 9.97 Å². The van der Waals surface area contributed by atoms with Gasteiger partial charge in [0.25, 0.3) is 0 Å². The molecule has 2 aromatic rings. The van der Waals surface area contributed by atoms with Gasteiger partial charge in [-0.1, -0.05) is 0 Å². The Hall–Kier alpha value is -2.02. The van der Waals surface area contributed by atoms with Crippen LogP contribution < -0.4 is 4.90 Å². The zero-order chi connectivity index (χ0) is 15.8. The molecular weight excluding hydrogens is 292 g/mol. The van der Waals surface area contributed by atoms with Crippen LogP contribution in [-0.2, 0) is 6.54 Å². The minimum absolute atomic E-state index is 0.593. The SMILES string of the molecule is Cc1cc(N2CCN(Cc3nnc(C)o3)CC2)nc(C2CC2)n1. The lowest BCUT2D eigenvalue weighted by Gasteiger charge is -2.34. The summed E-state index contributed by atoms with van der Waals surface area (Å²) in [7, 11) is 0. The van der Waals surface area contributed by atoms with Crippen molar-refractivity contribution in [3.63, 3.8) is 0 Å². The minimum Gasteiger partial charge on any atom is -0.424 e. The lowest BCUT2D eigenvalue weighted by molar-refractivity contribution is 0.224. The molecule has 0 N–H and O–H groups in total. The number of aryl methyl sites for hydroxylation is 2. The number of nitrogens with zero attached hydrogens (tertiary/aromatic N) is 6. The molecule has 3 heterocycles. The van der Waals surface area contributed by atoms with Crippen LogP contribution >= 0.6 is 0 Å². The number of hydrogen-bond acceptors (Lipinski definition) is 7. The molecule has 23 heavy (non-hydrogen) atoms. The van der Waals surface area contributed by atoms with Gasteiger partial charge in [-0.2, -0.15) is 0 Å². The van der Waals surface area contributed by atoms with Crippen molar-refractivity contribution in [1.29, 1.82) is 0 Å². The second-order valence-corrected chi connectivity index (χ2v) is 6.48. The smallest absolute Gasteiger partial charge is 0.230 e. The van der Waals surface area contributed by atoms with Crippen LogP contribution in [0.2, 0.25) is 0 Å². The average Bonchev–Trinajstić information content (AvgIpc) is 3.31. The van der Waals surface area contributed by atoms with E-state index < -0.39 is 0 Å². The minimum atomic E-state index is 0.593. The highest BCUT2D eigenvalue weighted by Crippen LogP contribution is 2.38. The van der Waals surface area contributed by atoms with Crippen molar-refractivity contribution in [2.75, 3.05) is 31.1 Å². The summed E-state index contributed by atoms with van der Waals surface area (Å²) in [5.74, 6) is 4.03. The van der Waals surface area contributed by atoms with Crippen molar-refractivity contribution >= 4 is 5.82 Å². The lowest BCUT2D eigenvalue weighted by Crippen LogP contribution is -2.46. The molecule has 0 radical (unpaired) electrons. The Balaban J connectivity index is 1.39. The van der Waals surface area contributed by atoms with Crippen molar-refractivity contribution in [3.8, 4) is 0 Å². The van der Waals surface area contributed by atoms with Crippen LogP contribution in [0.1, 0.15) is 42.1 Å². The standard InChI is InChI=1S/C16H22N6O/c1-11-9-14(18-16(17-11)13-3-4-13)22-7-5-21(6-8-22)10-15-20-19-12(2)23-15/h9,13H,3-8,10H2,1-2H3. The van der Waals surface area contributed by atoms with Crippen LogP contribution in [0.3, 0.4) is 0 Å². The number of rotatable bonds is 4. The Morgan fingerprint density at radius 3 is 2.52 bits per heavy atom. The largest absolute Gasteiger partial charge is 0.424 e. The maximum atomic E-state index is 5.46. The van der Waals surface area contributed by atoms with Crippen LogP contribution in [0.4, 0.5) is 5.82 Å². The first-order chi connectivity index (χ1) is 11.2. The van der Waals surface area contributed by atoms with Gasteiger partial charge >= 0.3 is 0 Å². The Morgan fingerprint density at radius 2 is 1.87 bits per heavy atom. The van der Waals surface area contributed by atoms with Gasteiger partial charge in [-0.3, -0.25) is 4.90 Å². The molecular formula is C16H22N6O. The molecule has 1 saturated heterocycles. The third kappa shape index (κ3) is 3.34. The molecule has 1 aliphatic heterocycles. The maximum Gasteiger partial charge on any atom is 0.230 e. The van der Waals surface area contributed by atoms with Gasteiger partial charge in [-0.05, 0) is 19.8 Å². The molecule has 0 bridgehead atoms. The highest BCUT2D eigenvalue weighted by atomic mass is 16.4. The summed E-state index contributed by atoms with van der Waals surface area (Å²) in [6.07, 6.45) is 2.47. The van der Waals surface area contributed by atoms with Gasteiger partial charge in [0.2, 0.25) is 11.8 Å². The molecule has 2 aliphatic rings. The zero-order valence-corrected chi connectivity index (χ0v) is 13.7. The van der Waals surface area contributed by atoms with Crippen LogP contribution in [0.5, 0.6) is 0 Å². The molecule has 0 spiro atoms. The third-order valence-corrected chi connectivity index (χ3v) is 4.42. The Morgan fingerprint density at radius 1 is 1.09 bits per heavy atom. The first-order valence-corrected chi connectivity index (χ1v) is 8.29. The van der Waals surface area contributed by atoms with Crippen LogP contribution in [-0.4, -0.2) is 51.2 Å². The van der Waals surface area contributed by atoms with E-state index in [4.69, 9.17) is 9.40 Å². The normalized spacial score (nSPS) is 19.3. The molecule has 122 valence electrons. The summed E-state index contributed by atoms with van der Waals surface area (Å²) in [6.45, 7) is 8.49. The summed E-state index contributed by atoms with van der Waals surface area (Å²) in [4.78, 5) is 14.1. The summed E-state index contributed by atoms with van der Waals surface area (Å²) in [5.41, 5.74) is 1.07. The first-order valence-electron chi connectivity index (χ1n) is 8.29. The van der Waals surface area contributed by atoms with Gasteiger partial charge in [0.15, 0.2) is 0 Å². The van der Waals surface area contributed by atoms with E-state index in [0.29, 0.717) is 17.7 Å². The Labute approximate surface area is 135 Å². The summed E-state index contributed by atoms with van der Waals surface area (Å²) in [6, 6.07) is 2.10. The quantitative estimate of drug-likeness (QED) is 0.850. The van der Waals surface area contributed by atoms with Crippen molar-refractivity contribution in [2.24, 2.45) is 0 Å². The van der Waals surface area contributed by atoms with Crippen molar-refractivity contribution in [3.05, 3.63) is 29.4 Å². The van der Waals surface area contributed by atoms with E-state index in [1.807, 2.05) is 6.92 Å². The van der Waals surface area contributed by atoms with Gasteiger partial charge in [0.1, 0.15) is 11.6 Å². The van der Waals surface area contributed by atoms with E-state index in [1.165, 1.54) is 12.8 Å². The molecule has 2 fully saturated rings. The number of hydrogen-bond donors (Lipinski definition) is 0. The van der Waals surface area contributed by atoms with Gasteiger partial charge in [0, 0.05) is 50.8 Å². The van der Waals surface area contributed by atoms with Crippen LogP contribution in [0.15, 0.2) is 10.5 Å². The van der Waals surface area contributed by atoms with Gasteiger partial charge in [0.05, 0.1) is 6.54 Å². The second-order valence-electron chi connectivity index (χ2n) is 6.48. The molecule has 1 saturated carbocycles. The first kappa shape index (κ1) is 14.6. The molecule has 0 unspecified atom stereocenters. The number of anilines is 1. The van der Waals surface area contributed by atoms with Crippen molar-refractivity contribution in [1.82, 2.24) is 25.1 Å². The van der Waals surface area contributed by atoms with Crippen molar-refractivity contribution < 1.29 is 4.42 Å². The lowest BCUT2D eigenvalue weighted by atomic mass is 10.3. The highest BCUT2D eigenvalue weighted by molar-refractivity contribution is 5.41. The number of piperazine rings is 1. The third-order valence-electron chi connectivity index (χ3n) is 4.42. The second kappa shape index (κ2) is 5.88. The monoisotopic (exact) mass is 314 g/mol. The molecule has 4 rings (SSSR count). The molecule has 7 heteroatoms. The van der Waals surface area contributed by atoms with Gasteiger partial charge in [-0.15, -0.1) is 10.2 Å². The van der Waals surface area contributed by atoms with E-state index in [2.05, 4.69) is 38.0 Å². The van der Waals surface area contributed by atoms with E-state index >= 15 is 0 Å². The topological polar surface area (TPSA) is 71.2 Å². The van der Waals surface area contributed by atoms with E-state index in [0.717, 1.165) is 50.1 Å². The van der Waals surface area contributed by atoms with Crippen LogP contribution in [0, 0.1) is 13.8 Å². The van der Waals surface area contributed by atoms with Gasteiger partial charge < -0.3 is 9.32 Å². The summed E-state index contributed by atoms with van der Waals surface area (Å²) < 4.78 is 5.46. The predicted octanol–water partition coefficient (Wildman–Crippen LogP) is 1.68. The summed E-state index contributed by atoms with van der Waals surface area (Å²) >= 11 is 0. The fourth-order valence-electron chi connectivity index (χ4n) is 2.99. The van der Waals surface area contributed by atoms with Crippen molar-refractivity contribution in [2.45, 2.75) is 39.2 Å². The molecule has 7 nitrogen and oxygen atoms in total. The number of aromatic nitrogens is 4. The fourth-order valence-corrected chi connectivity index (χ4v) is 2.99. The van der Waals surface area contributed by atoms with E-state index in [-0.39, 0.29) is 0 Å². The molecule has 1 aliphatic carbocycles. The van der Waals surface area contributed by atoms with E-state index in [9.17, 15) is 0 Å². The fraction of sp³-hybridized carbons (Fsp3) is 0.625. The zero-order valence-electron chi connectivity index (χ0n) is 13.7.